The summed E-state index contributed by atoms with van der Waals surface area (Å²) in [6.45, 7) is 11.1. The molecular formula is C22H29N5O3S. The molecule has 31 heavy (non-hydrogen) atoms. The van der Waals surface area contributed by atoms with Crippen LogP contribution in [0.2, 0.25) is 0 Å². The van der Waals surface area contributed by atoms with Gasteiger partial charge in [-0.1, -0.05) is 6.58 Å². The first-order valence-electron chi connectivity index (χ1n) is 10.7. The minimum absolute atomic E-state index is 0.0192. The molecule has 9 heteroatoms. The second-order valence-corrected chi connectivity index (χ2v) is 9.07. The first-order chi connectivity index (χ1) is 15.1. The van der Waals surface area contributed by atoms with Crippen molar-refractivity contribution in [3.8, 4) is 5.88 Å². The fourth-order valence-corrected chi connectivity index (χ4v) is 4.48. The number of likely N-dealkylation sites (tertiary alicyclic amines) is 1. The number of carbonyl (C=O) groups excluding carboxylic acids is 1. The molecule has 0 aromatic carbocycles. The average molecular weight is 444 g/mol. The molecule has 0 saturated carbocycles. The van der Waals surface area contributed by atoms with Crippen molar-refractivity contribution in [2.75, 3.05) is 44.7 Å². The maximum absolute atomic E-state index is 11.8. The zero-order valence-corrected chi connectivity index (χ0v) is 18.7. The number of amides is 1. The number of anilines is 2. The van der Waals surface area contributed by atoms with Gasteiger partial charge in [-0.3, -0.25) is 9.69 Å². The van der Waals surface area contributed by atoms with Gasteiger partial charge in [-0.15, -0.1) is 11.3 Å². The van der Waals surface area contributed by atoms with Crippen molar-refractivity contribution in [3.05, 3.63) is 41.4 Å². The third-order valence-corrected chi connectivity index (χ3v) is 6.27. The average Bonchev–Trinajstić information content (AvgIpc) is 3.18. The van der Waals surface area contributed by atoms with Crippen LogP contribution >= 0.6 is 11.3 Å². The maximum Gasteiger partial charge on any atom is 0.245 e. The summed E-state index contributed by atoms with van der Waals surface area (Å²) in [7, 11) is 0. The van der Waals surface area contributed by atoms with Crippen molar-refractivity contribution >= 4 is 28.2 Å². The maximum atomic E-state index is 11.8. The number of nitrogens with zero attached hydrogens (tertiary/aromatic N) is 4. The molecule has 166 valence electrons. The zero-order valence-electron chi connectivity index (χ0n) is 17.9. The van der Waals surface area contributed by atoms with E-state index in [1.54, 1.807) is 11.3 Å². The van der Waals surface area contributed by atoms with Gasteiger partial charge in [-0.25, -0.2) is 4.98 Å². The molecule has 1 amide bonds. The van der Waals surface area contributed by atoms with Crippen molar-refractivity contribution in [1.82, 2.24) is 19.8 Å². The number of pyridine rings is 1. The van der Waals surface area contributed by atoms with Crippen LogP contribution in [0.3, 0.4) is 0 Å². The summed E-state index contributed by atoms with van der Waals surface area (Å²) in [5, 5.41) is 4.13. The molecular weight excluding hydrogens is 414 g/mol. The standard InChI is InChI=1S/C22H29N5O3S/c1-3-21(28)27-6-4-18(5-7-27)30-20-13-17(15-26-8-10-29-11-9-26)12-19(24-20)25-22-23-14-16(2)31-22/h3,12-14,18H,1,4-11,15H2,2H3,(H,23,24,25). The fourth-order valence-electron chi connectivity index (χ4n) is 3.81. The number of aryl methyl sites for hydroxylation is 1. The number of ether oxygens (including phenoxy) is 2. The van der Waals surface area contributed by atoms with Crippen molar-refractivity contribution in [3.63, 3.8) is 0 Å². The van der Waals surface area contributed by atoms with Gasteiger partial charge in [0.15, 0.2) is 5.13 Å². The summed E-state index contributed by atoms with van der Waals surface area (Å²) in [6, 6.07) is 4.08. The van der Waals surface area contributed by atoms with Crippen LogP contribution in [0.1, 0.15) is 23.3 Å². The van der Waals surface area contributed by atoms with Crippen LogP contribution in [0.15, 0.2) is 31.0 Å². The quantitative estimate of drug-likeness (QED) is 0.659. The molecule has 0 spiro atoms. The van der Waals surface area contributed by atoms with Gasteiger partial charge in [-0.05, 0) is 24.6 Å². The lowest BCUT2D eigenvalue weighted by Crippen LogP contribution is -2.41. The van der Waals surface area contributed by atoms with Crippen molar-refractivity contribution in [1.29, 1.82) is 0 Å². The van der Waals surface area contributed by atoms with Gasteiger partial charge >= 0.3 is 0 Å². The van der Waals surface area contributed by atoms with Crippen molar-refractivity contribution in [2.45, 2.75) is 32.4 Å². The molecule has 0 radical (unpaired) electrons. The highest BCUT2D eigenvalue weighted by molar-refractivity contribution is 7.15. The molecule has 0 aliphatic carbocycles. The molecule has 0 unspecified atom stereocenters. The first kappa shape index (κ1) is 21.7. The van der Waals surface area contributed by atoms with Gasteiger partial charge in [0, 0.05) is 62.7 Å². The number of morpholine rings is 1. The molecule has 2 aromatic rings. The van der Waals surface area contributed by atoms with Gasteiger partial charge < -0.3 is 19.7 Å². The number of hydrogen-bond acceptors (Lipinski definition) is 8. The van der Waals surface area contributed by atoms with Crippen LogP contribution in [-0.4, -0.2) is 71.2 Å². The smallest absolute Gasteiger partial charge is 0.245 e. The van der Waals surface area contributed by atoms with Crippen molar-refractivity contribution in [2.24, 2.45) is 0 Å². The minimum atomic E-state index is -0.0192. The van der Waals surface area contributed by atoms with Gasteiger partial charge in [0.2, 0.25) is 11.8 Å². The Morgan fingerprint density at radius 3 is 2.77 bits per heavy atom. The zero-order chi connectivity index (χ0) is 21.6. The first-order valence-corrected chi connectivity index (χ1v) is 11.5. The Morgan fingerprint density at radius 1 is 1.32 bits per heavy atom. The van der Waals surface area contributed by atoms with Gasteiger partial charge in [0.25, 0.3) is 0 Å². The lowest BCUT2D eigenvalue weighted by molar-refractivity contribution is -0.127. The lowest BCUT2D eigenvalue weighted by Gasteiger charge is -2.31. The van der Waals surface area contributed by atoms with Crippen LogP contribution in [-0.2, 0) is 16.1 Å². The van der Waals surface area contributed by atoms with E-state index in [4.69, 9.17) is 9.47 Å². The highest BCUT2D eigenvalue weighted by atomic mass is 32.1. The summed E-state index contributed by atoms with van der Waals surface area (Å²) < 4.78 is 11.7. The van der Waals surface area contributed by atoms with E-state index >= 15 is 0 Å². The van der Waals surface area contributed by atoms with Crippen LogP contribution in [0.25, 0.3) is 0 Å². The summed E-state index contributed by atoms with van der Waals surface area (Å²) in [5.41, 5.74) is 1.14. The van der Waals surface area contributed by atoms with Gasteiger partial charge in [-0.2, -0.15) is 4.98 Å². The van der Waals surface area contributed by atoms with E-state index in [9.17, 15) is 4.79 Å². The molecule has 0 bridgehead atoms. The van der Waals surface area contributed by atoms with E-state index in [0.717, 1.165) is 67.1 Å². The molecule has 2 aliphatic heterocycles. The molecule has 8 nitrogen and oxygen atoms in total. The predicted molar refractivity (Wildman–Crippen MR) is 121 cm³/mol. The summed E-state index contributed by atoms with van der Waals surface area (Å²) in [5.74, 6) is 1.32. The van der Waals surface area contributed by atoms with E-state index in [1.165, 1.54) is 6.08 Å². The van der Waals surface area contributed by atoms with Gasteiger partial charge in [0.1, 0.15) is 11.9 Å². The number of carbonyl (C=O) groups is 1. The summed E-state index contributed by atoms with van der Waals surface area (Å²) in [4.78, 5) is 26.2. The SMILES string of the molecule is C=CC(=O)N1CCC(Oc2cc(CN3CCOCC3)cc(Nc3ncc(C)s3)n2)CC1. The molecule has 2 aromatic heterocycles. The molecule has 4 heterocycles. The Bertz CT molecular complexity index is 904. The number of thiazole rings is 1. The van der Waals surface area contributed by atoms with Crippen LogP contribution in [0.5, 0.6) is 5.88 Å². The van der Waals surface area contributed by atoms with E-state index in [0.29, 0.717) is 19.0 Å². The van der Waals surface area contributed by atoms with Crippen LogP contribution in [0, 0.1) is 6.92 Å². The Labute approximate surface area is 186 Å². The largest absolute Gasteiger partial charge is 0.474 e. The van der Waals surface area contributed by atoms with E-state index in [2.05, 4.69) is 32.8 Å². The number of piperidine rings is 1. The van der Waals surface area contributed by atoms with Gasteiger partial charge in [0.05, 0.1) is 13.2 Å². The molecule has 4 rings (SSSR count). The fraction of sp³-hybridized carbons (Fsp3) is 0.500. The van der Waals surface area contributed by atoms with Crippen LogP contribution < -0.4 is 10.1 Å². The highest BCUT2D eigenvalue weighted by Gasteiger charge is 2.23. The van der Waals surface area contributed by atoms with Crippen LogP contribution in [0.4, 0.5) is 10.9 Å². The molecule has 2 aliphatic rings. The van der Waals surface area contributed by atoms with E-state index in [1.807, 2.05) is 24.1 Å². The minimum Gasteiger partial charge on any atom is -0.474 e. The number of aromatic nitrogens is 2. The lowest BCUT2D eigenvalue weighted by atomic mass is 10.1. The summed E-state index contributed by atoms with van der Waals surface area (Å²) >= 11 is 1.60. The predicted octanol–water partition coefficient (Wildman–Crippen LogP) is 2.98. The Morgan fingerprint density at radius 2 is 2.10 bits per heavy atom. The Balaban J connectivity index is 1.47. The molecule has 2 fully saturated rings. The molecule has 2 saturated heterocycles. The van der Waals surface area contributed by atoms with E-state index in [-0.39, 0.29) is 12.0 Å². The van der Waals surface area contributed by atoms with Crippen molar-refractivity contribution < 1.29 is 14.3 Å². The number of rotatable bonds is 7. The third-order valence-electron chi connectivity index (χ3n) is 5.44. The highest BCUT2D eigenvalue weighted by Crippen LogP contribution is 2.26. The summed E-state index contributed by atoms with van der Waals surface area (Å²) in [6.07, 6.45) is 4.82. The molecule has 1 N–H and O–H groups in total. The second kappa shape index (κ2) is 10.2. The second-order valence-electron chi connectivity index (χ2n) is 7.84. The number of hydrogen-bond donors (Lipinski definition) is 1. The number of nitrogens with one attached hydrogen (secondary N) is 1. The molecule has 0 atom stereocenters. The Hall–Kier alpha value is -2.49. The topological polar surface area (TPSA) is 79.8 Å². The monoisotopic (exact) mass is 443 g/mol. The normalized spacial score (nSPS) is 18.0. The Kier molecular flexibility index (Phi) is 7.16. The third kappa shape index (κ3) is 6.03. The van der Waals surface area contributed by atoms with E-state index < -0.39 is 0 Å².